The maximum atomic E-state index is 12.8. The number of halogens is 2. The van der Waals surface area contributed by atoms with Gasteiger partial charge in [-0.1, -0.05) is 43.1 Å². The van der Waals surface area contributed by atoms with Crippen molar-refractivity contribution in [1.29, 1.82) is 0 Å². The zero-order chi connectivity index (χ0) is 17.5. The maximum absolute atomic E-state index is 12.8. The van der Waals surface area contributed by atoms with Gasteiger partial charge in [-0.2, -0.15) is 0 Å². The zero-order valence-electron chi connectivity index (χ0n) is 14.1. The molecule has 3 N–H and O–H groups in total. The molecule has 1 heterocycles. The Morgan fingerprint density at radius 3 is 2.88 bits per heavy atom. The summed E-state index contributed by atoms with van der Waals surface area (Å²) in [7, 11) is 0. The van der Waals surface area contributed by atoms with E-state index in [0.29, 0.717) is 23.0 Å². The van der Waals surface area contributed by atoms with Crippen LogP contribution in [0.4, 0.5) is 0 Å². The van der Waals surface area contributed by atoms with Crippen LogP contribution >= 0.6 is 23.2 Å². The van der Waals surface area contributed by atoms with Gasteiger partial charge in [0.15, 0.2) is 0 Å². The van der Waals surface area contributed by atoms with E-state index in [1.54, 1.807) is 12.1 Å². The van der Waals surface area contributed by atoms with Crippen LogP contribution < -0.4 is 11.1 Å². The molecule has 3 unspecified atom stereocenters. The van der Waals surface area contributed by atoms with Gasteiger partial charge in [0.2, 0.25) is 5.91 Å². The van der Waals surface area contributed by atoms with Crippen molar-refractivity contribution in [2.75, 3.05) is 13.2 Å². The van der Waals surface area contributed by atoms with Gasteiger partial charge in [-0.3, -0.25) is 4.79 Å². The first-order valence-electron chi connectivity index (χ1n) is 8.41. The highest BCUT2D eigenvalue weighted by Crippen LogP contribution is 2.57. The van der Waals surface area contributed by atoms with E-state index in [1.807, 2.05) is 19.9 Å². The first kappa shape index (κ1) is 18.0. The molecule has 24 heavy (non-hydrogen) atoms. The molecule has 0 aromatic heterocycles. The Morgan fingerprint density at radius 2 is 2.17 bits per heavy atom. The third-order valence-corrected chi connectivity index (χ3v) is 6.34. The quantitative estimate of drug-likeness (QED) is 0.855. The third kappa shape index (κ3) is 2.74. The Hall–Kier alpha value is -0.810. The molecule has 2 aliphatic rings. The van der Waals surface area contributed by atoms with E-state index in [0.717, 1.165) is 25.0 Å². The number of fused-ring (bicyclic) bond motifs is 1. The van der Waals surface area contributed by atoms with Gasteiger partial charge in [-0.25, -0.2) is 0 Å². The Balaban J connectivity index is 1.62. The lowest BCUT2D eigenvalue weighted by molar-refractivity contribution is -0.225. The molecule has 2 fully saturated rings. The van der Waals surface area contributed by atoms with E-state index in [9.17, 15) is 4.79 Å². The van der Waals surface area contributed by atoms with E-state index in [4.69, 9.17) is 33.7 Å². The average molecular weight is 371 g/mol. The van der Waals surface area contributed by atoms with Gasteiger partial charge < -0.3 is 15.8 Å². The third-order valence-electron chi connectivity index (χ3n) is 5.76. The Kier molecular flexibility index (Phi) is 4.86. The number of carbonyl (C=O) groups is 1. The van der Waals surface area contributed by atoms with Gasteiger partial charge in [0.25, 0.3) is 0 Å². The highest BCUT2D eigenvalue weighted by Gasteiger charge is 2.70. The fourth-order valence-electron chi connectivity index (χ4n) is 4.22. The predicted octanol–water partition coefficient (Wildman–Crippen LogP) is 3.18. The molecule has 132 valence electrons. The molecule has 6 heteroatoms. The van der Waals surface area contributed by atoms with Gasteiger partial charge in [0.05, 0.1) is 6.10 Å². The monoisotopic (exact) mass is 370 g/mol. The SMILES string of the molecule is CC1(C)C2OCCCC2C1(N)C(=O)NCCc1ccc(Cl)cc1Cl. The number of benzene rings is 1. The van der Waals surface area contributed by atoms with Gasteiger partial charge in [-0.15, -0.1) is 0 Å². The number of rotatable bonds is 4. The largest absolute Gasteiger partial charge is 0.377 e. The smallest absolute Gasteiger partial charge is 0.241 e. The minimum Gasteiger partial charge on any atom is -0.377 e. The minimum atomic E-state index is -0.873. The van der Waals surface area contributed by atoms with E-state index in [1.165, 1.54) is 0 Å². The summed E-state index contributed by atoms with van der Waals surface area (Å²) in [5, 5.41) is 4.21. The normalized spacial score (nSPS) is 31.0. The lowest BCUT2D eigenvalue weighted by Crippen LogP contribution is -2.82. The van der Waals surface area contributed by atoms with Crippen LogP contribution in [0.3, 0.4) is 0 Å². The van der Waals surface area contributed by atoms with Gasteiger partial charge in [0, 0.05) is 34.5 Å². The topological polar surface area (TPSA) is 64.3 Å². The number of hydrogen-bond donors (Lipinski definition) is 2. The molecule has 3 atom stereocenters. The Labute approximate surface area is 153 Å². The van der Waals surface area contributed by atoms with E-state index in [-0.39, 0.29) is 23.3 Å². The number of ether oxygens (including phenoxy) is 1. The average Bonchev–Trinajstić information content (AvgIpc) is 2.55. The molecule has 0 bridgehead atoms. The van der Waals surface area contributed by atoms with Crippen LogP contribution in [0.5, 0.6) is 0 Å². The molecule has 1 amide bonds. The van der Waals surface area contributed by atoms with Crippen LogP contribution in [0.15, 0.2) is 18.2 Å². The number of amides is 1. The molecule has 1 saturated carbocycles. The standard InChI is InChI=1S/C18H24Cl2N2O2/c1-17(2)15-13(4-3-9-24-15)18(17,21)16(23)22-8-7-11-5-6-12(19)10-14(11)20/h5-6,10,13,15H,3-4,7-9,21H2,1-2H3,(H,22,23). The summed E-state index contributed by atoms with van der Waals surface area (Å²) in [6.45, 7) is 5.30. The Bertz CT molecular complexity index is 650. The molecule has 1 aliphatic heterocycles. The predicted molar refractivity (Wildman–Crippen MR) is 96.3 cm³/mol. The molecule has 0 radical (unpaired) electrons. The lowest BCUT2D eigenvalue weighted by Gasteiger charge is -2.65. The van der Waals surface area contributed by atoms with Crippen LogP contribution in [0.2, 0.25) is 10.0 Å². The van der Waals surface area contributed by atoms with Gasteiger partial charge in [0.1, 0.15) is 5.54 Å². The number of nitrogens with one attached hydrogen (secondary N) is 1. The molecule has 1 aliphatic carbocycles. The maximum Gasteiger partial charge on any atom is 0.241 e. The molecule has 1 aromatic rings. The lowest BCUT2D eigenvalue weighted by atomic mass is 9.46. The first-order valence-corrected chi connectivity index (χ1v) is 9.17. The van der Waals surface area contributed by atoms with Crippen molar-refractivity contribution in [3.05, 3.63) is 33.8 Å². The fraction of sp³-hybridized carbons (Fsp3) is 0.611. The van der Waals surface area contributed by atoms with Crippen LogP contribution in [0.1, 0.15) is 32.3 Å². The summed E-state index contributed by atoms with van der Waals surface area (Å²) in [5.74, 6) is 0.00436. The number of carbonyl (C=O) groups excluding carboxylic acids is 1. The van der Waals surface area contributed by atoms with Crippen LogP contribution in [-0.4, -0.2) is 30.7 Å². The van der Waals surface area contributed by atoms with Gasteiger partial charge >= 0.3 is 0 Å². The highest BCUT2D eigenvalue weighted by molar-refractivity contribution is 6.35. The zero-order valence-corrected chi connectivity index (χ0v) is 15.6. The van der Waals surface area contributed by atoms with Crippen LogP contribution in [0.25, 0.3) is 0 Å². The second kappa shape index (κ2) is 6.49. The summed E-state index contributed by atoms with van der Waals surface area (Å²) in [6, 6.07) is 5.39. The molecular weight excluding hydrogens is 347 g/mol. The van der Waals surface area contributed by atoms with E-state index < -0.39 is 5.54 Å². The van der Waals surface area contributed by atoms with Crippen LogP contribution in [0, 0.1) is 11.3 Å². The van der Waals surface area contributed by atoms with Crippen molar-refractivity contribution >= 4 is 29.1 Å². The van der Waals surface area contributed by atoms with Crippen LogP contribution in [-0.2, 0) is 16.0 Å². The van der Waals surface area contributed by atoms with Crippen molar-refractivity contribution in [2.24, 2.45) is 17.1 Å². The second-order valence-electron chi connectivity index (χ2n) is 7.37. The van der Waals surface area contributed by atoms with E-state index in [2.05, 4.69) is 5.32 Å². The van der Waals surface area contributed by atoms with Crippen molar-refractivity contribution in [3.8, 4) is 0 Å². The van der Waals surface area contributed by atoms with Crippen molar-refractivity contribution in [1.82, 2.24) is 5.32 Å². The van der Waals surface area contributed by atoms with Gasteiger partial charge in [-0.05, 0) is 37.0 Å². The highest BCUT2D eigenvalue weighted by atomic mass is 35.5. The first-order chi connectivity index (χ1) is 11.3. The van der Waals surface area contributed by atoms with Crippen molar-refractivity contribution < 1.29 is 9.53 Å². The number of hydrogen-bond acceptors (Lipinski definition) is 3. The summed E-state index contributed by atoms with van der Waals surface area (Å²) >= 11 is 12.1. The van der Waals surface area contributed by atoms with E-state index >= 15 is 0 Å². The summed E-state index contributed by atoms with van der Waals surface area (Å²) in [5.41, 5.74) is 6.30. The summed E-state index contributed by atoms with van der Waals surface area (Å²) in [6.07, 6.45) is 2.63. The molecular formula is C18H24Cl2N2O2. The molecule has 1 aromatic carbocycles. The Morgan fingerprint density at radius 1 is 1.42 bits per heavy atom. The fourth-order valence-corrected chi connectivity index (χ4v) is 4.72. The second-order valence-corrected chi connectivity index (χ2v) is 8.22. The van der Waals surface area contributed by atoms with Crippen molar-refractivity contribution in [2.45, 2.75) is 44.8 Å². The number of nitrogens with two attached hydrogens (primary N) is 1. The molecule has 4 nitrogen and oxygen atoms in total. The summed E-state index contributed by atoms with van der Waals surface area (Å²) in [4.78, 5) is 12.8. The molecule has 1 saturated heterocycles. The minimum absolute atomic E-state index is 0.0766. The van der Waals surface area contributed by atoms with Crippen molar-refractivity contribution in [3.63, 3.8) is 0 Å². The molecule has 0 spiro atoms. The molecule has 3 rings (SSSR count). The summed E-state index contributed by atoms with van der Waals surface area (Å²) < 4.78 is 5.85.